The first kappa shape index (κ1) is 20.2. The van der Waals surface area contributed by atoms with E-state index < -0.39 is 15.9 Å². The third-order valence-electron chi connectivity index (χ3n) is 3.46. The Morgan fingerprint density at radius 3 is 2.48 bits per heavy atom. The SMILES string of the molecule is Cc1nc(Cc2ccc(F)cc2)sc1C(=O)NS(=O)(=O)c1cc(Cl)sc1Cl. The van der Waals surface area contributed by atoms with Gasteiger partial charge in [-0.15, -0.1) is 22.7 Å². The van der Waals surface area contributed by atoms with E-state index in [1.54, 1.807) is 19.1 Å². The van der Waals surface area contributed by atoms with Gasteiger partial charge in [0.2, 0.25) is 0 Å². The van der Waals surface area contributed by atoms with E-state index in [1.807, 2.05) is 4.72 Å². The van der Waals surface area contributed by atoms with Gasteiger partial charge in [0.05, 0.1) is 15.0 Å². The summed E-state index contributed by atoms with van der Waals surface area (Å²) in [5, 5.41) is 0.610. The van der Waals surface area contributed by atoms with Crippen molar-refractivity contribution in [3.63, 3.8) is 0 Å². The summed E-state index contributed by atoms with van der Waals surface area (Å²) in [6.07, 6.45) is 0.401. The van der Waals surface area contributed by atoms with Gasteiger partial charge in [0.15, 0.2) is 0 Å². The highest BCUT2D eigenvalue weighted by molar-refractivity contribution is 7.90. The number of aryl methyl sites for hydroxylation is 1. The summed E-state index contributed by atoms with van der Waals surface area (Å²) >= 11 is 13.6. The van der Waals surface area contributed by atoms with Crippen molar-refractivity contribution in [3.8, 4) is 0 Å². The van der Waals surface area contributed by atoms with Crippen molar-refractivity contribution < 1.29 is 17.6 Å². The highest BCUT2D eigenvalue weighted by atomic mass is 35.5. The fourth-order valence-electron chi connectivity index (χ4n) is 2.25. The highest BCUT2D eigenvalue weighted by Gasteiger charge is 2.26. The maximum Gasteiger partial charge on any atom is 0.276 e. The van der Waals surface area contributed by atoms with Crippen molar-refractivity contribution in [2.24, 2.45) is 0 Å². The lowest BCUT2D eigenvalue weighted by Gasteiger charge is -2.04. The van der Waals surface area contributed by atoms with Crippen LogP contribution in [0.2, 0.25) is 8.67 Å². The second-order valence-corrected chi connectivity index (χ2v) is 10.5. The van der Waals surface area contributed by atoms with Crippen molar-refractivity contribution in [1.29, 1.82) is 0 Å². The Morgan fingerprint density at radius 1 is 1.22 bits per heavy atom. The molecule has 11 heteroatoms. The summed E-state index contributed by atoms with van der Waals surface area (Å²) in [4.78, 5) is 16.7. The number of hydrogen-bond acceptors (Lipinski definition) is 6. The normalized spacial score (nSPS) is 11.6. The maximum absolute atomic E-state index is 13.0. The number of thiophene rings is 1. The lowest BCUT2D eigenvalue weighted by Crippen LogP contribution is -2.30. The molecule has 0 radical (unpaired) electrons. The minimum Gasteiger partial charge on any atom is -0.267 e. The molecule has 0 fully saturated rings. The first-order valence-electron chi connectivity index (χ1n) is 7.38. The molecule has 3 aromatic rings. The van der Waals surface area contributed by atoms with Crippen molar-refractivity contribution in [2.75, 3.05) is 0 Å². The number of halogens is 3. The molecule has 0 saturated heterocycles. The summed E-state index contributed by atoms with van der Waals surface area (Å²) in [6, 6.07) is 7.11. The zero-order valence-corrected chi connectivity index (χ0v) is 17.6. The van der Waals surface area contributed by atoms with Crippen LogP contribution in [0.15, 0.2) is 35.2 Å². The zero-order chi connectivity index (χ0) is 19.8. The van der Waals surface area contributed by atoms with Gasteiger partial charge in [0.1, 0.15) is 19.9 Å². The average molecular weight is 465 g/mol. The fraction of sp³-hybridized carbons (Fsp3) is 0.125. The number of hydrogen-bond donors (Lipinski definition) is 1. The van der Waals surface area contributed by atoms with Crippen LogP contribution in [0.1, 0.15) is 25.9 Å². The predicted octanol–water partition coefficient (Wildman–Crippen LogP) is 4.67. The van der Waals surface area contributed by atoms with Crippen molar-refractivity contribution in [3.05, 3.63) is 66.0 Å². The third-order valence-corrected chi connectivity index (χ3v) is 7.70. The van der Waals surface area contributed by atoms with E-state index in [0.717, 1.165) is 28.2 Å². The number of amides is 1. The molecule has 1 N–H and O–H groups in total. The molecule has 0 spiro atoms. The number of aromatic nitrogens is 1. The van der Waals surface area contributed by atoms with Crippen LogP contribution in [0.3, 0.4) is 0 Å². The maximum atomic E-state index is 13.0. The smallest absolute Gasteiger partial charge is 0.267 e. The Labute approximate surface area is 172 Å². The van der Waals surface area contributed by atoms with Gasteiger partial charge >= 0.3 is 0 Å². The van der Waals surface area contributed by atoms with Crippen molar-refractivity contribution in [2.45, 2.75) is 18.2 Å². The van der Waals surface area contributed by atoms with Crippen LogP contribution >= 0.6 is 45.9 Å². The van der Waals surface area contributed by atoms with E-state index >= 15 is 0 Å². The molecule has 0 atom stereocenters. The average Bonchev–Trinajstić information content (AvgIpc) is 3.11. The van der Waals surface area contributed by atoms with Gasteiger partial charge in [-0.25, -0.2) is 22.5 Å². The topological polar surface area (TPSA) is 76.1 Å². The summed E-state index contributed by atoms with van der Waals surface area (Å²) in [5.74, 6) is -1.14. The van der Waals surface area contributed by atoms with E-state index in [0.29, 0.717) is 17.1 Å². The fourth-order valence-corrected chi connectivity index (χ4v) is 6.41. The van der Waals surface area contributed by atoms with E-state index in [-0.39, 0.29) is 24.3 Å². The van der Waals surface area contributed by atoms with E-state index in [4.69, 9.17) is 23.2 Å². The number of carbonyl (C=O) groups is 1. The minimum absolute atomic E-state index is 0.0293. The number of thiazole rings is 1. The first-order chi connectivity index (χ1) is 12.7. The molecule has 1 amide bonds. The van der Waals surface area contributed by atoms with Crippen LogP contribution in [0.4, 0.5) is 4.39 Å². The van der Waals surface area contributed by atoms with Crippen LogP contribution in [0.5, 0.6) is 0 Å². The lowest BCUT2D eigenvalue weighted by atomic mass is 10.1. The summed E-state index contributed by atoms with van der Waals surface area (Å²) in [5.41, 5.74) is 1.23. The number of sulfonamides is 1. The van der Waals surface area contributed by atoms with Gasteiger partial charge in [0, 0.05) is 6.42 Å². The largest absolute Gasteiger partial charge is 0.276 e. The molecule has 5 nitrogen and oxygen atoms in total. The van der Waals surface area contributed by atoms with Crippen LogP contribution in [-0.2, 0) is 16.4 Å². The standard InChI is InChI=1S/C16H11Cl2FN2O3S3/c1-8-14(26-13(20-8)6-9-2-4-10(19)5-3-9)16(22)21-27(23,24)11-7-12(17)25-15(11)18/h2-5,7H,6H2,1H3,(H,21,22). The Morgan fingerprint density at radius 2 is 1.89 bits per heavy atom. The first-order valence-corrected chi connectivity index (χ1v) is 11.3. The Kier molecular flexibility index (Phi) is 5.87. The predicted molar refractivity (Wildman–Crippen MR) is 105 cm³/mol. The number of benzene rings is 1. The monoisotopic (exact) mass is 464 g/mol. The second kappa shape index (κ2) is 7.84. The Balaban J connectivity index is 1.80. The molecular formula is C16H11Cl2FN2O3S3. The molecule has 27 heavy (non-hydrogen) atoms. The molecule has 0 aliphatic rings. The number of nitrogens with one attached hydrogen (secondary N) is 1. The van der Waals surface area contributed by atoms with Crippen molar-refractivity contribution >= 4 is 61.8 Å². The van der Waals surface area contributed by atoms with Gasteiger partial charge in [-0.1, -0.05) is 35.3 Å². The number of carbonyl (C=O) groups excluding carboxylic acids is 1. The summed E-state index contributed by atoms with van der Waals surface area (Å²) in [6.45, 7) is 1.61. The second-order valence-electron chi connectivity index (χ2n) is 5.45. The van der Waals surface area contributed by atoms with E-state index in [9.17, 15) is 17.6 Å². The Bertz CT molecular complexity index is 1110. The number of nitrogens with zero attached hydrogens (tertiary/aromatic N) is 1. The van der Waals surface area contributed by atoms with Gasteiger partial charge in [-0.05, 0) is 30.7 Å². The third kappa shape index (κ3) is 4.67. The highest BCUT2D eigenvalue weighted by Crippen LogP contribution is 2.34. The zero-order valence-electron chi connectivity index (χ0n) is 13.6. The summed E-state index contributed by atoms with van der Waals surface area (Å²) < 4.78 is 39.9. The molecule has 0 unspecified atom stereocenters. The van der Waals surface area contributed by atoms with Crippen LogP contribution in [0.25, 0.3) is 0 Å². The van der Waals surface area contributed by atoms with Gasteiger partial charge in [-0.3, -0.25) is 4.79 Å². The minimum atomic E-state index is -4.16. The molecule has 0 bridgehead atoms. The molecule has 3 rings (SSSR count). The molecular weight excluding hydrogens is 454 g/mol. The van der Waals surface area contributed by atoms with Gasteiger partial charge in [-0.2, -0.15) is 0 Å². The molecule has 0 aliphatic carbocycles. The molecule has 142 valence electrons. The Hall–Kier alpha value is -1.52. The van der Waals surface area contributed by atoms with E-state index in [2.05, 4.69) is 4.98 Å². The summed E-state index contributed by atoms with van der Waals surface area (Å²) in [7, 11) is -4.16. The quantitative estimate of drug-likeness (QED) is 0.594. The van der Waals surface area contributed by atoms with Crippen LogP contribution in [-0.4, -0.2) is 19.3 Å². The molecule has 0 saturated carbocycles. The molecule has 1 aromatic carbocycles. The van der Waals surface area contributed by atoms with Crippen molar-refractivity contribution in [1.82, 2.24) is 9.71 Å². The number of rotatable bonds is 5. The molecule has 0 aliphatic heterocycles. The molecule has 2 heterocycles. The lowest BCUT2D eigenvalue weighted by molar-refractivity contribution is 0.0984. The molecule has 2 aromatic heterocycles. The van der Waals surface area contributed by atoms with E-state index in [1.165, 1.54) is 18.2 Å². The van der Waals surface area contributed by atoms with Gasteiger partial charge in [0.25, 0.3) is 15.9 Å². The van der Waals surface area contributed by atoms with Gasteiger partial charge < -0.3 is 0 Å². The van der Waals surface area contributed by atoms with Crippen LogP contribution in [0, 0.1) is 12.7 Å². The van der Waals surface area contributed by atoms with Crippen LogP contribution < -0.4 is 4.72 Å².